The number of rotatable bonds is 4. The fourth-order valence-electron chi connectivity index (χ4n) is 1.75. The first-order valence-electron chi connectivity index (χ1n) is 5.94. The smallest absolute Gasteiger partial charge is 0.271 e. The van der Waals surface area contributed by atoms with Crippen LogP contribution in [-0.4, -0.2) is 20.8 Å². The van der Waals surface area contributed by atoms with Crippen LogP contribution < -0.4 is 5.32 Å². The number of fused-ring (bicyclic) bond motifs is 1. The standard InChI is InChI=1S/C12H14N4O3/c1-3-11(17)13-7(2)12-14-9-5-4-8(16(18)19)6-10(9)15-12/h4-7H,3H2,1-2H3,(H,13,17)(H,14,15). The van der Waals surface area contributed by atoms with E-state index in [1.54, 1.807) is 19.9 Å². The summed E-state index contributed by atoms with van der Waals surface area (Å²) < 4.78 is 0. The average molecular weight is 262 g/mol. The average Bonchev–Trinajstić information content (AvgIpc) is 2.81. The highest BCUT2D eigenvalue weighted by Gasteiger charge is 2.14. The lowest BCUT2D eigenvalue weighted by molar-refractivity contribution is -0.384. The highest BCUT2D eigenvalue weighted by Crippen LogP contribution is 2.21. The number of hydrogen-bond donors (Lipinski definition) is 2. The zero-order valence-corrected chi connectivity index (χ0v) is 10.6. The number of hydrogen-bond acceptors (Lipinski definition) is 4. The van der Waals surface area contributed by atoms with Crippen LogP contribution in [0.4, 0.5) is 5.69 Å². The normalized spacial score (nSPS) is 12.3. The van der Waals surface area contributed by atoms with Crippen molar-refractivity contribution in [2.24, 2.45) is 0 Å². The molecule has 0 spiro atoms. The van der Waals surface area contributed by atoms with Crippen LogP contribution in [0.3, 0.4) is 0 Å². The van der Waals surface area contributed by atoms with Crippen molar-refractivity contribution in [1.29, 1.82) is 0 Å². The number of amides is 1. The van der Waals surface area contributed by atoms with Crippen LogP contribution in [0.15, 0.2) is 18.2 Å². The molecule has 1 aromatic carbocycles. The number of nitrogens with one attached hydrogen (secondary N) is 2. The Balaban J connectivity index is 2.30. The van der Waals surface area contributed by atoms with Gasteiger partial charge in [0.2, 0.25) is 5.91 Å². The summed E-state index contributed by atoms with van der Waals surface area (Å²) in [5, 5.41) is 13.5. The van der Waals surface area contributed by atoms with E-state index in [-0.39, 0.29) is 17.6 Å². The van der Waals surface area contributed by atoms with Crippen LogP contribution in [0.25, 0.3) is 11.0 Å². The molecule has 0 aliphatic carbocycles. The fourth-order valence-corrected chi connectivity index (χ4v) is 1.75. The Morgan fingerprint density at radius 1 is 1.58 bits per heavy atom. The summed E-state index contributed by atoms with van der Waals surface area (Å²) in [6.07, 6.45) is 0.399. The van der Waals surface area contributed by atoms with E-state index < -0.39 is 4.92 Å². The summed E-state index contributed by atoms with van der Waals surface area (Å²) in [5.41, 5.74) is 1.23. The third kappa shape index (κ3) is 2.70. The van der Waals surface area contributed by atoms with Gasteiger partial charge in [-0.1, -0.05) is 6.92 Å². The van der Waals surface area contributed by atoms with Gasteiger partial charge in [-0.05, 0) is 13.0 Å². The lowest BCUT2D eigenvalue weighted by Crippen LogP contribution is -2.26. The van der Waals surface area contributed by atoms with E-state index in [4.69, 9.17) is 0 Å². The Hall–Kier alpha value is -2.44. The molecular weight excluding hydrogens is 248 g/mol. The molecule has 1 aromatic heterocycles. The third-order valence-electron chi connectivity index (χ3n) is 2.80. The quantitative estimate of drug-likeness (QED) is 0.650. The van der Waals surface area contributed by atoms with Crippen molar-refractivity contribution >= 4 is 22.6 Å². The monoisotopic (exact) mass is 262 g/mol. The number of non-ortho nitro benzene ring substituents is 1. The van der Waals surface area contributed by atoms with Gasteiger partial charge in [0.25, 0.3) is 5.69 Å². The Bertz CT molecular complexity index is 635. The minimum atomic E-state index is -0.456. The van der Waals surface area contributed by atoms with Gasteiger partial charge < -0.3 is 10.3 Å². The number of aromatic nitrogens is 2. The van der Waals surface area contributed by atoms with Gasteiger partial charge in [0.1, 0.15) is 5.82 Å². The van der Waals surface area contributed by atoms with Crippen molar-refractivity contribution in [2.75, 3.05) is 0 Å². The molecule has 2 aromatic rings. The zero-order valence-electron chi connectivity index (χ0n) is 10.6. The Kier molecular flexibility index (Phi) is 3.46. The SMILES string of the molecule is CCC(=O)NC(C)c1nc2ccc([N+](=O)[O-])cc2[nH]1. The molecule has 1 heterocycles. The molecule has 1 unspecified atom stereocenters. The van der Waals surface area contributed by atoms with Crippen LogP contribution in [-0.2, 0) is 4.79 Å². The van der Waals surface area contributed by atoms with Gasteiger partial charge in [0.15, 0.2) is 0 Å². The summed E-state index contributed by atoms with van der Waals surface area (Å²) >= 11 is 0. The van der Waals surface area contributed by atoms with Gasteiger partial charge in [0.05, 0.1) is 22.0 Å². The Morgan fingerprint density at radius 3 is 2.95 bits per heavy atom. The second-order valence-electron chi connectivity index (χ2n) is 4.22. The number of carbonyl (C=O) groups is 1. The van der Waals surface area contributed by atoms with Crippen molar-refractivity contribution in [1.82, 2.24) is 15.3 Å². The van der Waals surface area contributed by atoms with E-state index in [0.717, 1.165) is 0 Å². The largest absolute Gasteiger partial charge is 0.346 e. The van der Waals surface area contributed by atoms with Gasteiger partial charge in [-0.3, -0.25) is 14.9 Å². The highest BCUT2D eigenvalue weighted by atomic mass is 16.6. The second kappa shape index (κ2) is 5.05. The second-order valence-corrected chi connectivity index (χ2v) is 4.22. The molecule has 0 bridgehead atoms. The molecule has 0 saturated carbocycles. The predicted octanol–water partition coefficient (Wildman–Crippen LogP) is 2.06. The molecular formula is C12H14N4O3. The molecule has 0 fully saturated rings. The maximum absolute atomic E-state index is 11.3. The highest BCUT2D eigenvalue weighted by molar-refractivity contribution is 5.78. The topological polar surface area (TPSA) is 101 Å². The first-order valence-corrected chi connectivity index (χ1v) is 5.94. The molecule has 19 heavy (non-hydrogen) atoms. The Morgan fingerprint density at radius 2 is 2.32 bits per heavy atom. The van der Waals surface area contributed by atoms with Crippen LogP contribution in [0.2, 0.25) is 0 Å². The minimum Gasteiger partial charge on any atom is -0.346 e. The molecule has 0 saturated heterocycles. The van der Waals surface area contributed by atoms with Crippen LogP contribution in [0.5, 0.6) is 0 Å². The van der Waals surface area contributed by atoms with Crippen molar-refractivity contribution in [3.63, 3.8) is 0 Å². The molecule has 7 nitrogen and oxygen atoms in total. The van der Waals surface area contributed by atoms with Gasteiger partial charge in [-0.2, -0.15) is 0 Å². The lowest BCUT2D eigenvalue weighted by atomic mass is 10.3. The number of carbonyl (C=O) groups excluding carboxylic acids is 1. The third-order valence-corrected chi connectivity index (χ3v) is 2.80. The number of aromatic amines is 1. The molecule has 100 valence electrons. The van der Waals surface area contributed by atoms with Crippen LogP contribution in [0, 0.1) is 10.1 Å². The molecule has 2 N–H and O–H groups in total. The summed E-state index contributed by atoms with van der Waals surface area (Å²) in [4.78, 5) is 28.8. The number of nitrogens with zero attached hydrogens (tertiary/aromatic N) is 2. The summed E-state index contributed by atoms with van der Waals surface area (Å²) in [6, 6.07) is 4.16. The van der Waals surface area contributed by atoms with Crippen molar-refractivity contribution in [3.05, 3.63) is 34.1 Å². The first kappa shape index (κ1) is 13.0. The van der Waals surface area contributed by atoms with E-state index >= 15 is 0 Å². The fraction of sp³-hybridized carbons (Fsp3) is 0.333. The van der Waals surface area contributed by atoms with E-state index in [1.165, 1.54) is 12.1 Å². The Labute approximate surface area is 109 Å². The van der Waals surface area contributed by atoms with E-state index in [0.29, 0.717) is 23.3 Å². The predicted molar refractivity (Wildman–Crippen MR) is 69.6 cm³/mol. The van der Waals surface area contributed by atoms with E-state index in [2.05, 4.69) is 15.3 Å². The van der Waals surface area contributed by atoms with Crippen LogP contribution >= 0.6 is 0 Å². The lowest BCUT2D eigenvalue weighted by Gasteiger charge is -2.09. The zero-order chi connectivity index (χ0) is 14.0. The summed E-state index contributed by atoms with van der Waals surface area (Å²) in [7, 11) is 0. The van der Waals surface area contributed by atoms with Crippen molar-refractivity contribution in [2.45, 2.75) is 26.3 Å². The number of nitro benzene ring substituents is 1. The number of benzene rings is 1. The summed E-state index contributed by atoms with van der Waals surface area (Å²) in [6.45, 7) is 3.57. The molecule has 2 rings (SSSR count). The summed E-state index contributed by atoms with van der Waals surface area (Å²) in [5.74, 6) is 0.510. The van der Waals surface area contributed by atoms with E-state index in [9.17, 15) is 14.9 Å². The van der Waals surface area contributed by atoms with Gasteiger partial charge >= 0.3 is 0 Å². The maximum Gasteiger partial charge on any atom is 0.271 e. The molecule has 0 radical (unpaired) electrons. The minimum absolute atomic E-state index is 0.00736. The van der Waals surface area contributed by atoms with Crippen LogP contribution in [0.1, 0.15) is 32.1 Å². The van der Waals surface area contributed by atoms with Crippen molar-refractivity contribution in [3.8, 4) is 0 Å². The molecule has 7 heteroatoms. The first-order chi connectivity index (χ1) is 9.01. The number of nitro groups is 1. The van der Waals surface area contributed by atoms with Gasteiger partial charge in [0, 0.05) is 18.6 Å². The molecule has 1 amide bonds. The van der Waals surface area contributed by atoms with E-state index in [1.807, 2.05) is 0 Å². The molecule has 0 aliphatic rings. The molecule has 0 aliphatic heterocycles. The van der Waals surface area contributed by atoms with Gasteiger partial charge in [-0.25, -0.2) is 4.98 Å². The maximum atomic E-state index is 11.3. The molecule has 1 atom stereocenters. The number of imidazole rings is 1. The van der Waals surface area contributed by atoms with Gasteiger partial charge in [-0.15, -0.1) is 0 Å². The number of H-pyrrole nitrogens is 1. The van der Waals surface area contributed by atoms with Crippen molar-refractivity contribution < 1.29 is 9.72 Å².